The van der Waals surface area contributed by atoms with E-state index in [-0.39, 0.29) is 11.2 Å². The number of benzene rings is 3. The topological polar surface area (TPSA) is 95.3 Å². The van der Waals surface area contributed by atoms with E-state index in [9.17, 15) is 14.9 Å². The summed E-state index contributed by atoms with van der Waals surface area (Å²) in [6.45, 7) is 2.20. The molecule has 0 fully saturated rings. The first-order chi connectivity index (χ1) is 16.4. The van der Waals surface area contributed by atoms with E-state index >= 15 is 0 Å². The number of non-ortho nitro benzene ring substituents is 1. The molecule has 2 heterocycles. The van der Waals surface area contributed by atoms with Crippen molar-refractivity contribution in [3.05, 3.63) is 115 Å². The van der Waals surface area contributed by atoms with Gasteiger partial charge < -0.3 is 4.57 Å². The van der Waals surface area contributed by atoms with E-state index in [0.717, 1.165) is 26.5 Å². The molecule has 0 atom stereocenters. The molecule has 0 aliphatic rings. The molecular weight excluding hydrogens is 498 g/mol. The number of hydrogen-bond acceptors (Lipinski definition) is 5. The van der Waals surface area contributed by atoms with Crippen LogP contribution in [0, 0.1) is 17.0 Å². The maximum absolute atomic E-state index is 13.0. The molecule has 0 spiro atoms. The van der Waals surface area contributed by atoms with Gasteiger partial charge in [0.2, 0.25) is 0 Å². The molecule has 8 nitrogen and oxygen atoms in total. The number of aromatic nitrogens is 3. The Morgan fingerprint density at radius 1 is 1.09 bits per heavy atom. The summed E-state index contributed by atoms with van der Waals surface area (Å²) in [5.74, 6) is 0.483. The van der Waals surface area contributed by atoms with E-state index in [4.69, 9.17) is 0 Å². The van der Waals surface area contributed by atoms with Crippen LogP contribution in [-0.2, 0) is 6.54 Å². The number of para-hydroxylation sites is 1. The van der Waals surface area contributed by atoms with Crippen LogP contribution < -0.4 is 5.56 Å². The molecular formula is C25H18BrN5O3. The van der Waals surface area contributed by atoms with Crippen LogP contribution in [0.2, 0.25) is 0 Å². The Hall–Kier alpha value is -4.11. The van der Waals surface area contributed by atoms with Gasteiger partial charge in [-0.1, -0.05) is 46.3 Å². The molecule has 0 saturated heterocycles. The smallest absolute Gasteiger partial charge is 0.282 e. The molecule has 0 unspecified atom stereocenters. The molecule has 0 aliphatic carbocycles. The van der Waals surface area contributed by atoms with Crippen LogP contribution >= 0.6 is 15.9 Å². The summed E-state index contributed by atoms with van der Waals surface area (Å²) in [4.78, 5) is 28.3. The van der Waals surface area contributed by atoms with Gasteiger partial charge in [-0.15, -0.1) is 0 Å². The largest absolute Gasteiger partial charge is 0.342 e. The number of nitro groups is 1. The maximum atomic E-state index is 13.0. The van der Waals surface area contributed by atoms with Gasteiger partial charge in [0.25, 0.3) is 11.2 Å². The number of rotatable bonds is 5. The fourth-order valence-electron chi connectivity index (χ4n) is 3.99. The molecule has 9 heteroatoms. The van der Waals surface area contributed by atoms with E-state index in [0.29, 0.717) is 23.3 Å². The Labute approximate surface area is 202 Å². The first-order valence-corrected chi connectivity index (χ1v) is 11.2. The third-order valence-electron chi connectivity index (χ3n) is 5.58. The molecule has 168 valence electrons. The Kier molecular flexibility index (Phi) is 5.54. The van der Waals surface area contributed by atoms with Crippen LogP contribution in [0.25, 0.3) is 21.8 Å². The second-order valence-electron chi connectivity index (χ2n) is 7.84. The maximum Gasteiger partial charge on any atom is 0.282 e. The van der Waals surface area contributed by atoms with Crippen LogP contribution in [0.1, 0.15) is 17.0 Å². The Balaban J connectivity index is 1.56. The predicted octanol–water partition coefficient (Wildman–Crippen LogP) is 5.26. The van der Waals surface area contributed by atoms with Crippen LogP contribution in [-0.4, -0.2) is 25.4 Å². The average Bonchev–Trinajstić information content (AvgIpc) is 3.17. The van der Waals surface area contributed by atoms with Gasteiger partial charge in [0, 0.05) is 45.8 Å². The number of aryl methyl sites for hydroxylation is 1. The molecule has 0 N–H and O–H groups in total. The van der Waals surface area contributed by atoms with E-state index in [1.54, 1.807) is 37.4 Å². The lowest BCUT2D eigenvalue weighted by molar-refractivity contribution is -0.384. The van der Waals surface area contributed by atoms with Crippen molar-refractivity contribution in [3.63, 3.8) is 0 Å². The molecule has 0 bridgehead atoms. The molecule has 34 heavy (non-hydrogen) atoms. The zero-order chi connectivity index (χ0) is 23.8. The fourth-order valence-corrected chi connectivity index (χ4v) is 4.35. The first kappa shape index (κ1) is 21.7. The number of halogens is 1. The lowest BCUT2D eigenvalue weighted by Crippen LogP contribution is -2.20. The number of fused-ring (bicyclic) bond motifs is 2. The van der Waals surface area contributed by atoms with E-state index in [2.05, 4.69) is 26.0 Å². The molecule has 0 aliphatic heterocycles. The van der Waals surface area contributed by atoms with Crippen LogP contribution in [0.4, 0.5) is 5.69 Å². The quantitative estimate of drug-likeness (QED) is 0.181. The molecule has 3 aromatic carbocycles. The van der Waals surface area contributed by atoms with Gasteiger partial charge in [0.15, 0.2) is 0 Å². The summed E-state index contributed by atoms with van der Waals surface area (Å²) in [7, 11) is 0. The van der Waals surface area contributed by atoms with Crippen molar-refractivity contribution < 1.29 is 4.92 Å². The Morgan fingerprint density at radius 2 is 1.91 bits per heavy atom. The second kappa shape index (κ2) is 8.68. The SMILES string of the molecule is Cc1nc2ccc(Br)cc2c(=O)n1N=Cc1cn(Cc2cccc([N+](=O)[O-])c2)c2ccccc12. The van der Waals surface area contributed by atoms with Crippen LogP contribution in [0.15, 0.2) is 87.3 Å². The summed E-state index contributed by atoms with van der Waals surface area (Å²) >= 11 is 3.40. The minimum absolute atomic E-state index is 0.0565. The highest BCUT2D eigenvalue weighted by molar-refractivity contribution is 9.10. The number of hydrogen-bond donors (Lipinski definition) is 0. The highest BCUT2D eigenvalue weighted by atomic mass is 79.9. The molecule has 0 saturated carbocycles. The van der Waals surface area contributed by atoms with Crippen molar-refractivity contribution in [3.8, 4) is 0 Å². The molecule has 5 aromatic rings. The zero-order valence-corrected chi connectivity index (χ0v) is 19.6. The average molecular weight is 516 g/mol. The monoisotopic (exact) mass is 515 g/mol. The third-order valence-corrected chi connectivity index (χ3v) is 6.07. The van der Waals surface area contributed by atoms with Gasteiger partial charge in [0.1, 0.15) is 5.82 Å². The molecule has 5 rings (SSSR count). The normalized spacial score (nSPS) is 11.6. The van der Waals surface area contributed by atoms with Crippen molar-refractivity contribution >= 4 is 49.6 Å². The van der Waals surface area contributed by atoms with Crippen molar-refractivity contribution in [2.24, 2.45) is 5.10 Å². The van der Waals surface area contributed by atoms with Crippen molar-refractivity contribution in [1.29, 1.82) is 0 Å². The second-order valence-corrected chi connectivity index (χ2v) is 8.75. The zero-order valence-electron chi connectivity index (χ0n) is 18.1. The Morgan fingerprint density at radius 3 is 2.74 bits per heavy atom. The van der Waals surface area contributed by atoms with E-state index in [1.165, 1.54) is 10.7 Å². The minimum Gasteiger partial charge on any atom is -0.342 e. The van der Waals surface area contributed by atoms with Crippen molar-refractivity contribution in [2.75, 3.05) is 0 Å². The van der Waals surface area contributed by atoms with E-state index in [1.807, 2.05) is 47.2 Å². The van der Waals surface area contributed by atoms with Gasteiger partial charge in [-0.05, 0) is 36.8 Å². The van der Waals surface area contributed by atoms with Crippen molar-refractivity contribution in [1.82, 2.24) is 14.2 Å². The summed E-state index contributed by atoms with van der Waals surface area (Å²) in [6.07, 6.45) is 3.57. The van der Waals surface area contributed by atoms with Crippen molar-refractivity contribution in [2.45, 2.75) is 13.5 Å². The molecule has 2 aromatic heterocycles. The Bertz CT molecular complexity index is 1670. The predicted molar refractivity (Wildman–Crippen MR) is 136 cm³/mol. The first-order valence-electron chi connectivity index (χ1n) is 10.5. The summed E-state index contributed by atoms with van der Waals surface area (Å²) in [5, 5.41) is 17.0. The van der Waals surface area contributed by atoms with E-state index < -0.39 is 4.92 Å². The van der Waals surface area contributed by atoms with Gasteiger partial charge in [-0.3, -0.25) is 14.9 Å². The molecule has 0 amide bonds. The van der Waals surface area contributed by atoms with Gasteiger partial charge in [0.05, 0.1) is 22.0 Å². The van der Waals surface area contributed by atoms with Gasteiger partial charge in [-0.25, -0.2) is 4.98 Å². The standard InChI is InChI=1S/C25H18BrN5O3/c1-16-28-23-10-9-19(26)12-22(23)25(32)30(16)27-13-18-15-29(24-8-3-2-7-21(18)24)14-17-5-4-6-20(11-17)31(33)34/h2-13,15H,14H2,1H3. The fraction of sp³-hybridized carbons (Fsp3) is 0.0800. The van der Waals surface area contributed by atoms with Gasteiger partial charge in [-0.2, -0.15) is 9.78 Å². The molecule has 0 radical (unpaired) electrons. The van der Waals surface area contributed by atoms with Crippen LogP contribution in [0.5, 0.6) is 0 Å². The lowest BCUT2D eigenvalue weighted by Gasteiger charge is -2.05. The summed E-state index contributed by atoms with van der Waals surface area (Å²) in [5.41, 5.74) is 3.02. The minimum atomic E-state index is -0.397. The van der Waals surface area contributed by atoms with Gasteiger partial charge >= 0.3 is 0 Å². The highest BCUT2D eigenvalue weighted by Gasteiger charge is 2.11. The highest BCUT2D eigenvalue weighted by Crippen LogP contribution is 2.23. The number of nitrogens with zero attached hydrogens (tertiary/aromatic N) is 5. The van der Waals surface area contributed by atoms with Crippen LogP contribution in [0.3, 0.4) is 0 Å². The number of nitro benzene ring substituents is 1. The lowest BCUT2D eigenvalue weighted by atomic mass is 10.2. The summed E-state index contributed by atoms with van der Waals surface area (Å²) in [6, 6.07) is 19.8. The summed E-state index contributed by atoms with van der Waals surface area (Å²) < 4.78 is 4.10. The third kappa shape index (κ3) is 4.01.